The normalized spacial score (nSPS) is 14.7. The molecule has 0 bridgehead atoms. The van der Waals surface area contributed by atoms with E-state index in [2.05, 4.69) is 10.6 Å². The second-order valence-corrected chi connectivity index (χ2v) is 6.04. The first-order valence-corrected chi connectivity index (χ1v) is 8.25. The van der Waals surface area contributed by atoms with Crippen molar-refractivity contribution in [3.63, 3.8) is 0 Å². The van der Waals surface area contributed by atoms with Crippen LogP contribution in [0.15, 0.2) is 24.3 Å². The van der Waals surface area contributed by atoms with E-state index in [1.165, 1.54) is 30.8 Å². The van der Waals surface area contributed by atoms with E-state index in [1.807, 2.05) is 0 Å². The molecular weight excluding hydrogens is 318 g/mol. The van der Waals surface area contributed by atoms with Crippen molar-refractivity contribution in [2.24, 2.45) is 0 Å². The molecule has 23 heavy (non-hydrogen) atoms. The van der Waals surface area contributed by atoms with Crippen molar-refractivity contribution in [3.8, 4) is 0 Å². The van der Waals surface area contributed by atoms with E-state index < -0.39 is 0 Å². The SMILES string of the molecule is O=C(COCC(=O)Nc1ccc(Cl)cc1)NCC[NH+]1CCCC1. The average Bonchev–Trinajstić information content (AvgIpc) is 3.03. The Hall–Kier alpha value is -1.63. The highest BCUT2D eigenvalue weighted by Crippen LogP contribution is 2.13. The van der Waals surface area contributed by atoms with Gasteiger partial charge in [0.15, 0.2) is 0 Å². The lowest BCUT2D eigenvalue weighted by Crippen LogP contribution is -3.10. The molecule has 0 aromatic heterocycles. The van der Waals surface area contributed by atoms with E-state index in [9.17, 15) is 9.59 Å². The van der Waals surface area contributed by atoms with Crippen molar-refractivity contribution in [3.05, 3.63) is 29.3 Å². The van der Waals surface area contributed by atoms with Crippen LogP contribution in [-0.4, -0.2) is 51.2 Å². The van der Waals surface area contributed by atoms with E-state index in [-0.39, 0.29) is 25.0 Å². The van der Waals surface area contributed by atoms with Gasteiger partial charge in [-0.3, -0.25) is 9.59 Å². The Bertz CT molecular complexity index is 516. The molecule has 1 aliphatic heterocycles. The molecule has 2 amide bonds. The van der Waals surface area contributed by atoms with Crippen molar-refractivity contribution in [2.45, 2.75) is 12.8 Å². The van der Waals surface area contributed by atoms with Crippen LogP contribution < -0.4 is 15.5 Å². The molecule has 2 rings (SSSR count). The summed E-state index contributed by atoms with van der Waals surface area (Å²) in [6.07, 6.45) is 2.55. The largest absolute Gasteiger partial charge is 0.362 e. The van der Waals surface area contributed by atoms with Gasteiger partial charge in [-0.2, -0.15) is 0 Å². The van der Waals surface area contributed by atoms with Gasteiger partial charge in [-0.15, -0.1) is 0 Å². The van der Waals surface area contributed by atoms with Gasteiger partial charge in [0.05, 0.1) is 26.2 Å². The van der Waals surface area contributed by atoms with Gasteiger partial charge in [0.25, 0.3) is 0 Å². The Labute approximate surface area is 141 Å². The smallest absolute Gasteiger partial charge is 0.250 e. The van der Waals surface area contributed by atoms with Gasteiger partial charge < -0.3 is 20.3 Å². The standard InChI is InChI=1S/C16H22ClN3O3/c17-13-3-5-14(6-4-13)19-16(22)12-23-11-15(21)18-7-10-20-8-1-2-9-20/h3-6H,1-2,7-12H2,(H,18,21)(H,19,22)/p+1. The van der Waals surface area contributed by atoms with Gasteiger partial charge in [0.1, 0.15) is 13.2 Å². The molecule has 3 N–H and O–H groups in total. The van der Waals surface area contributed by atoms with Crippen LogP contribution >= 0.6 is 11.6 Å². The molecule has 1 fully saturated rings. The molecule has 1 aliphatic rings. The molecule has 0 aliphatic carbocycles. The zero-order chi connectivity index (χ0) is 16.5. The summed E-state index contributed by atoms with van der Waals surface area (Å²) >= 11 is 5.77. The number of amides is 2. The van der Waals surface area contributed by atoms with Gasteiger partial charge in [-0.05, 0) is 24.3 Å². The minimum Gasteiger partial charge on any atom is -0.362 e. The summed E-state index contributed by atoms with van der Waals surface area (Å²) in [7, 11) is 0. The van der Waals surface area contributed by atoms with Crippen molar-refractivity contribution in [1.29, 1.82) is 0 Å². The monoisotopic (exact) mass is 340 g/mol. The number of benzene rings is 1. The predicted octanol–water partition coefficient (Wildman–Crippen LogP) is 0.0900. The molecule has 1 aromatic rings. The third-order valence-corrected chi connectivity index (χ3v) is 3.96. The molecule has 0 radical (unpaired) electrons. The topological polar surface area (TPSA) is 71.9 Å². The van der Waals surface area contributed by atoms with Gasteiger partial charge in [-0.1, -0.05) is 11.6 Å². The van der Waals surface area contributed by atoms with E-state index >= 15 is 0 Å². The van der Waals surface area contributed by atoms with Crippen LogP contribution in [0.5, 0.6) is 0 Å². The lowest BCUT2D eigenvalue weighted by atomic mass is 10.3. The number of hydrogen-bond donors (Lipinski definition) is 3. The molecular formula is C16H23ClN3O3+. The number of carbonyl (C=O) groups excluding carboxylic acids is 2. The highest BCUT2D eigenvalue weighted by molar-refractivity contribution is 6.30. The van der Waals surface area contributed by atoms with Crippen LogP contribution in [0.1, 0.15) is 12.8 Å². The van der Waals surface area contributed by atoms with Gasteiger partial charge >= 0.3 is 0 Å². The summed E-state index contributed by atoms with van der Waals surface area (Å²) in [4.78, 5) is 24.8. The van der Waals surface area contributed by atoms with Crippen molar-refractivity contribution >= 4 is 29.1 Å². The Morgan fingerprint density at radius 2 is 1.74 bits per heavy atom. The number of nitrogens with one attached hydrogen (secondary N) is 3. The summed E-state index contributed by atoms with van der Waals surface area (Å²) < 4.78 is 5.12. The van der Waals surface area contributed by atoms with Crippen molar-refractivity contribution in [2.75, 3.05) is 44.7 Å². The quantitative estimate of drug-likeness (QED) is 0.628. The number of quaternary nitrogens is 1. The van der Waals surface area contributed by atoms with Crippen LogP contribution in [0.2, 0.25) is 5.02 Å². The van der Waals surface area contributed by atoms with Crippen molar-refractivity contribution < 1.29 is 19.2 Å². The number of rotatable bonds is 8. The Morgan fingerprint density at radius 1 is 1.09 bits per heavy atom. The highest BCUT2D eigenvalue weighted by atomic mass is 35.5. The fourth-order valence-corrected chi connectivity index (χ4v) is 2.65. The third kappa shape index (κ3) is 6.99. The molecule has 1 heterocycles. The minimum absolute atomic E-state index is 0.108. The van der Waals surface area contributed by atoms with Crippen LogP contribution in [0.3, 0.4) is 0 Å². The number of likely N-dealkylation sites (tertiary alicyclic amines) is 1. The van der Waals surface area contributed by atoms with Crippen LogP contribution in [0.4, 0.5) is 5.69 Å². The Morgan fingerprint density at radius 3 is 2.43 bits per heavy atom. The van der Waals surface area contributed by atoms with Crippen molar-refractivity contribution in [1.82, 2.24) is 5.32 Å². The molecule has 1 saturated heterocycles. The predicted molar refractivity (Wildman–Crippen MR) is 88.7 cm³/mol. The summed E-state index contributed by atoms with van der Waals surface area (Å²) in [5.74, 6) is -0.496. The Balaban J connectivity index is 1.53. The molecule has 126 valence electrons. The lowest BCUT2D eigenvalue weighted by molar-refractivity contribution is -0.886. The van der Waals surface area contributed by atoms with Gasteiger partial charge in [0, 0.05) is 23.6 Å². The molecule has 7 heteroatoms. The zero-order valence-electron chi connectivity index (χ0n) is 13.1. The van der Waals surface area contributed by atoms with Gasteiger partial charge in [-0.25, -0.2) is 0 Å². The molecule has 0 spiro atoms. The summed E-state index contributed by atoms with van der Waals surface area (Å²) in [5.41, 5.74) is 0.640. The summed E-state index contributed by atoms with van der Waals surface area (Å²) in [6, 6.07) is 6.78. The first-order chi connectivity index (χ1) is 11.1. The van der Waals surface area contributed by atoms with Crippen LogP contribution in [-0.2, 0) is 14.3 Å². The molecule has 6 nitrogen and oxygen atoms in total. The first-order valence-electron chi connectivity index (χ1n) is 7.87. The van der Waals surface area contributed by atoms with Gasteiger partial charge in [0.2, 0.25) is 11.8 Å². The van der Waals surface area contributed by atoms with E-state index in [4.69, 9.17) is 16.3 Å². The zero-order valence-corrected chi connectivity index (χ0v) is 13.8. The number of halogens is 1. The van der Waals surface area contributed by atoms with Crippen LogP contribution in [0.25, 0.3) is 0 Å². The lowest BCUT2D eigenvalue weighted by Gasteiger charge is -2.12. The summed E-state index contributed by atoms with van der Waals surface area (Å²) in [5, 5.41) is 6.08. The fourth-order valence-electron chi connectivity index (χ4n) is 2.52. The third-order valence-electron chi connectivity index (χ3n) is 3.71. The first kappa shape index (κ1) is 17.7. The highest BCUT2D eigenvalue weighted by Gasteiger charge is 2.14. The number of ether oxygens (including phenoxy) is 1. The second kappa shape index (κ2) is 9.50. The van der Waals surface area contributed by atoms with E-state index in [0.717, 1.165) is 6.54 Å². The average molecular weight is 341 g/mol. The molecule has 0 unspecified atom stereocenters. The Kier molecular flexibility index (Phi) is 7.32. The molecule has 1 aromatic carbocycles. The van der Waals surface area contributed by atoms with E-state index in [0.29, 0.717) is 17.3 Å². The fraction of sp³-hybridized carbons (Fsp3) is 0.500. The number of anilines is 1. The maximum absolute atomic E-state index is 11.7. The molecule has 0 saturated carbocycles. The maximum Gasteiger partial charge on any atom is 0.250 e. The molecule has 0 atom stereocenters. The maximum atomic E-state index is 11.7. The second-order valence-electron chi connectivity index (χ2n) is 5.60. The van der Waals surface area contributed by atoms with E-state index in [1.54, 1.807) is 24.3 Å². The van der Waals surface area contributed by atoms with Crippen LogP contribution in [0, 0.1) is 0 Å². The number of carbonyl (C=O) groups is 2. The summed E-state index contributed by atoms with van der Waals surface area (Å²) in [6.45, 7) is 3.71. The number of hydrogen-bond acceptors (Lipinski definition) is 3. The minimum atomic E-state index is -0.304.